The fourth-order valence-electron chi connectivity index (χ4n) is 2.44. The minimum atomic E-state index is -0.114. The van der Waals surface area contributed by atoms with E-state index in [9.17, 15) is 9.59 Å². The van der Waals surface area contributed by atoms with Crippen LogP contribution in [0.3, 0.4) is 0 Å². The van der Waals surface area contributed by atoms with Gasteiger partial charge in [-0.15, -0.1) is 10.2 Å². The summed E-state index contributed by atoms with van der Waals surface area (Å²) in [5, 5.41) is 12.0. The van der Waals surface area contributed by atoms with E-state index in [2.05, 4.69) is 20.5 Å². The summed E-state index contributed by atoms with van der Waals surface area (Å²) in [7, 11) is 1.64. The fraction of sp³-hybridized carbons (Fsp3) is 0.471. The molecule has 0 bridgehead atoms. The third kappa shape index (κ3) is 4.60. The SMILES string of the molecule is CCn1c(SCC(=O)N(C)CC(=O)NC2CC2)nnc1-c1ccncc1. The normalized spacial score (nSPS) is 13.5. The van der Waals surface area contributed by atoms with Crippen LogP contribution in [0.4, 0.5) is 0 Å². The van der Waals surface area contributed by atoms with Crippen molar-refractivity contribution in [3.8, 4) is 11.4 Å². The highest BCUT2D eigenvalue weighted by Gasteiger charge is 2.24. The number of nitrogens with one attached hydrogen (secondary N) is 1. The predicted molar refractivity (Wildman–Crippen MR) is 98.5 cm³/mol. The lowest BCUT2D eigenvalue weighted by atomic mass is 10.2. The second kappa shape index (κ2) is 8.31. The molecule has 1 aliphatic rings. The average Bonchev–Trinajstić information content (AvgIpc) is 3.35. The first-order valence-corrected chi connectivity index (χ1v) is 9.56. The van der Waals surface area contributed by atoms with Gasteiger partial charge in [-0.2, -0.15) is 0 Å². The first-order chi connectivity index (χ1) is 12.6. The van der Waals surface area contributed by atoms with Crippen molar-refractivity contribution in [2.24, 2.45) is 0 Å². The maximum Gasteiger partial charge on any atom is 0.239 e. The van der Waals surface area contributed by atoms with Gasteiger partial charge in [0.2, 0.25) is 11.8 Å². The van der Waals surface area contributed by atoms with Gasteiger partial charge in [0.1, 0.15) is 0 Å². The maximum absolute atomic E-state index is 12.3. The van der Waals surface area contributed by atoms with E-state index in [0.717, 1.165) is 24.2 Å². The molecule has 0 atom stereocenters. The number of hydrogen-bond donors (Lipinski definition) is 1. The topological polar surface area (TPSA) is 93.0 Å². The van der Waals surface area contributed by atoms with E-state index in [1.165, 1.54) is 16.7 Å². The van der Waals surface area contributed by atoms with Gasteiger partial charge in [-0.25, -0.2) is 0 Å². The van der Waals surface area contributed by atoms with Crippen molar-refractivity contribution in [1.29, 1.82) is 0 Å². The zero-order valence-corrected chi connectivity index (χ0v) is 15.7. The molecule has 2 amide bonds. The van der Waals surface area contributed by atoms with E-state index < -0.39 is 0 Å². The van der Waals surface area contributed by atoms with E-state index >= 15 is 0 Å². The second-order valence-electron chi connectivity index (χ2n) is 6.17. The van der Waals surface area contributed by atoms with Gasteiger partial charge in [0.05, 0.1) is 12.3 Å². The smallest absolute Gasteiger partial charge is 0.239 e. The van der Waals surface area contributed by atoms with Gasteiger partial charge in [-0.05, 0) is 31.9 Å². The van der Waals surface area contributed by atoms with Gasteiger partial charge >= 0.3 is 0 Å². The van der Waals surface area contributed by atoms with Crippen molar-refractivity contribution < 1.29 is 9.59 Å². The Labute approximate surface area is 156 Å². The molecule has 1 N–H and O–H groups in total. The van der Waals surface area contributed by atoms with E-state index in [-0.39, 0.29) is 24.1 Å². The number of aromatic nitrogens is 4. The highest BCUT2D eigenvalue weighted by molar-refractivity contribution is 7.99. The van der Waals surface area contributed by atoms with Gasteiger partial charge in [-0.3, -0.25) is 14.6 Å². The van der Waals surface area contributed by atoms with Crippen LogP contribution in [-0.4, -0.2) is 61.8 Å². The van der Waals surface area contributed by atoms with Crippen LogP contribution in [0, 0.1) is 0 Å². The molecule has 0 aromatic carbocycles. The molecule has 2 aromatic rings. The molecule has 0 radical (unpaired) electrons. The lowest BCUT2D eigenvalue weighted by Gasteiger charge is -2.16. The Morgan fingerprint density at radius 1 is 1.31 bits per heavy atom. The summed E-state index contributed by atoms with van der Waals surface area (Å²) in [6.07, 6.45) is 5.49. The summed E-state index contributed by atoms with van der Waals surface area (Å²) in [6.45, 7) is 2.79. The third-order valence-corrected chi connectivity index (χ3v) is 5.00. The van der Waals surface area contributed by atoms with Crippen molar-refractivity contribution in [3.63, 3.8) is 0 Å². The molecule has 2 aromatic heterocycles. The van der Waals surface area contributed by atoms with Crippen molar-refractivity contribution in [2.75, 3.05) is 19.3 Å². The molecule has 1 aliphatic carbocycles. The van der Waals surface area contributed by atoms with Gasteiger partial charge in [-0.1, -0.05) is 11.8 Å². The van der Waals surface area contributed by atoms with Crippen LogP contribution in [0.25, 0.3) is 11.4 Å². The fourth-order valence-corrected chi connectivity index (χ4v) is 3.38. The molecular formula is C17H22N6O2S. The van der Waals surface area contributed by atoms with Crippen LogP contribution in [0.1, 0.15) is 19.8 Å². The molecule has 9 heteroatoms. The molecule has 0 aliphatic heterocycles. The lowest BCUT2D eigenvalue weighted by molar-refractivity contribution is -0.132. The van der Waals surface area contributed by atoms with Crippen LogP contribution < -0.4 is 5.32 Å². The molecule has 0 spiro atoms. The molecule has 8 nitrogen and oxygen atoms in total. The summed E-state index contributed by atoms with van der Waals surface area (Å²) in [5.41, 5.74) is 0.932. The van der Waals surface area contributed by atoms with E-state index in [0.29, 0.717) is 17.7 Å². The van der Waals surface area contributed by atoms with Gasteiger partial charge < -0.3 is 14.8 Å². The van der Waals surface area contributed by atoms with Gasteiger partial charge in [0.25, 0.3) is 0 Å². The molecule has 2 heterocycles. The van der Waals surface area contributed by atoms with E-state index in [1.54, 1.807) is 19.4 Å². The maximum atomic E-state index is 12.3. The number of hydrogen-bond acceptors (Lipinski definition) is 6. The quantitative estimate of drug-likeness (QED) is 0.698. The predicted octanol–water partition coefficient (Wildman–Crippen LogP) is 1.19. The number of carbonyl (C=O) groups excluding carboxylic acids is 2. The van der Waals surface area contributed by atoms with Crippen molar-refractivity contribution in [2.45, 2.75) is 37.5 Å². The first-order valence-electron chi connectivity index (χ1n) is 8.58. The molecule has 26 heavy (non-hydrogen) atoms. The molecule has 138 valence electrons. The van der Waals surface area contributed by atoms with Crippen LogP contribution >= 0.6 is 11.8 Å². The van der Waals surface area contributed by atoms with Crippen LogP contribution in [0.2, 0.25) is 0 Å². The van der Waals surface area contributed by atoms with Crippen molar-refractivity contribution >= 4 is 23.6 Å². The van der Waals surface area contributed by atoms with Gasteiger partial charge in [0.15, 0.2) is 11.0 Å². The number of nitrogens with zero attached hydrogens (tertiary/aromatic N) is 5. The monoisotopic (exact) mass is 374 g/mol. The Morgan fingerprint density at radius 2 is 2.04 bits per heavy atom. The standard InChI is InChI=1S/C17H22N6O2S/c1-3-23-16(12-6-8-18-9-7-12)20-21-17(23)26-11-15(25)22(2)10-14(24)19-13-4-5-13/h6-9,13H,3-5,10-11H2,1-2H3,(H,19,24). The zero-order valence-electron chi connectivity index (χ0n) is 14.9. The largest absolute Gasteiger partial charge is 0.352 e. The van der Waals surface area contributed by atoms with Crippen molar-refractivity contribution in [3.05, 3.63) is 24.5 Å². The average molecular weight is 374 g/mol. The summed E-state index contributed by atoms with van der Waals surface area (Å²) in [6, 6.07) is 4.06. The number of thioether (sulfide) groups is 1. The summed E-state index contributed by atoms with van der Waals surface area (Å²) < 4.78 is 1.97. The second-order valence-corrected chi connectivity index (χ2v) is 7.11. The molecule has 1 fully saturated rings. The Morgan fingerprint density at radius 3 is 2.69 bits per heavy atom. The minimum absolute atomic E-state index is 0.0820. The Balaban J connectivity index is 1.57. The highest BCUT2D eigenvalue weighted by atomic mass is 32.2. The molecule has 1 saturated carbocycles. The Hall–Kier alpha value is -2.42. The van der Waals surface area contributed by atoms with E-state index in [4.69, 9.17) is 0 Å². The number of likely N-dealkylation sites (N-methyl/N-ethyl adjacent to an activating group) is 1. The Kier molecular flexibility index (Phi) is 5.87. The number of amides is 2. The molecule has 0 unspecified atom stereocenters. The highest BCUT2D eigenvalue weighted by Crippen LogP contribution is 2.23. The molecular weight excluding hydrogens is 352 g/mol. The van der Waals surface area contributed by atoms with Crippen LogP contribution in [-0.2, 0) is 16.1 Å². The summed E-state index contributed by atoms with van der Waals surface area (Å²) in [4.78, 5) is 29.5. The van der Waals surface area contributed by atoms with Crippen LogP contribution in [0.15, 0.2) is 29.7 Å². The van der Waals surface area contributed by atoms with Gasteiger partial charge in [0, 0.05) is 37.6 Å². The number of rotatable bonds is 8. The first kappa shape index (κ1) is 18.4. The molecule has 3 rings (SSSR count). The summed E-state index contributed by atoms with van der Waals surface area (Å²) in [5.74, 6) is 0.742. The zero-order chi connectivity index (χ0) is 18.5. The Bertz CT molecular complexity index is 775. The number of carbonyl (C=O) groups is 2. The lowest BCUT2D eigenvalue weighted by Crippen LogP contribution is -2.39. The summed E-state index contributed by atoms with van der Waals surface area (Å²) >= 11 is 1.33. The number of pyridine rings is 1. The molecule has 0 saturated heterocycles. The van der Waals surface area contributed by atoms with Crippen LogP contribution in [0.5, 0.6) is 0 Å². The minimum Gasteiger partial charge on any atom is -0.352 e. The van der Waals surface area contributed by atoms with Crippen molar-refractivity contribution in [1.82, 2.24) is 30.0 Å². The van der Waals surface area contributed by atoms with E-state index in [1.807, 2.05) is 23.6 Å². The third-order valence-electron chi connectivity index (χ3n) is 4.05.